The lowest BCUT2D eigenvalue weighted by atomic mass is 10.0. The number of hydrogen-bond donors (Lipinski definition) is 1. The van der Waals surface area contributed by atoms with Gasteiger partial charge in [0.15, 0.2) is 0 Å². The number of anilines is 1. The summed E-state index contributed by atoms with van der Waals surface area (Å²) in [6.07, 6.45) is -4.50. The van der Waals surface area contributed by atoms with Crippen LogP contribution in [0.2, 0.25) is 0 Å². The van der Waals surface area contributed by atoms with Crippen LogP contribution in [-0.2, 0) is 24.1 Å². The molecule has 3 nitrogen and oxygen atoms in total. The van der Waals surface area contributed by atoms with Crippen molar-refractivity contribution in [1.82, 2.24) is 4.90 Å². The van der Waals surface area contributed by atoms with Crippen molar-refractivity contribution in [3.63, 3.8) is 0 Å². The number of para-hydroxylation sites is 1. The first kappa shape index (κ1) is 17.5. The van der Waals surface area contributed by atoms with E-state index in [1.807, 2.05) is 18.7 Å². The molecule has 1 N–H and O–H groups in total. The maximum Gasteiger partial charge on any atom is 0.418 e. The number of aryl methyl sites for hydroxylation is 2. The summed E-state index contributed by atoms with van der Waals surface area (Å²) in [4.78, 5) is 14.1. The number of hydrogen-bond acceptors (Lipinski definition) is 2. The Balaban J connectivity index is 1.67. The number of benzene rings is 2. The Morgan fingerprint density at radius 1 is 1.08 bits per heavy atom. The van der Waals surface area contributed by atoms with Crippen molar-refractivity contribution < 1.29 is 18.0 Å². The van der Waals surface area contributed by atoms with Crippen molar-refractivity contribution in [3.8, 4) is 0 Å². The Hall–Kier alpha value is -2.34. The summed E-state index contributed by atoms with van der Waals surface area (Å²) in [5, 5.41) is 2.39. The molecule has 0 saturated carbocycles. The summed E-state index contributed by atoms with van der Waals surface area (Å²) < 4.78 is 39.0. The molecule has 0 atom stereocenters. The van der Waals surface area contributed by atoms with Gasteiger partial charge in [-0.3, -0.25) is 9.69 Å². The van der Waals surface area contributed by atoms with E-state index >= 15 is 0 Å². The van der Waals surface area contributed by atoms with Crippen molar-refractivity contribution >= 4 is 11.6 Å². The van der Waals surface area contributed by atoms with Gasteiger partial charge in [0.05, 0.1) is 17.8 Å². The van der Waals surface area contributed by atoms with E-state index in [1.165, 1.54) is 40.5 Å². The molecule has 0 fully saturated rings. The second-order valence-corrected chi connectivity index (χ2v) is 6.44. The molecule has 0 unspecified atom stereocenters. The minimum atomic E-state index is -4.50. The number of nitrogens with zero attached hydrogens (tertiary/aromatic N) is 1. The second-order valence-electron chi connectivity index (χ2n) is 6.44. The Labute approximate surface area is 144 Å². The number of nitrogens with one attached hydrogen (secondary N) is 1. The summed E-state index contributed by atoms with van der Waals surface area (Å²) in [6, 6.07) is 9.24. The van der Waals surface area contributed by atoms with Gasteiger partial charge >= 0.3 is 6.18 Å². The largest absolute Gasteiger partial charge is 0.418 e. The molecule has 0 bridgehead atoms. The summed E-state index contributed by atoms with van der Waals surface area (Å²) in [5.74, 6) is -0.446. The Kier molecular flexibility index (Phi) is 4.56. The van der Waals surface area contributed by atoms with Gasteiger partial charge in [-0.25, -0.2) is 0 Å². The van der Waals surface area contributed by atoms with Crippen LogP contribution in [0.3, 0.4) is 0 Å². The number of rotatable bonds is 3. The zero-order chi connectivity index (χ0) is 18.2. The summed E-state index contributed by atoms with van der Waals surface area (Å²) >= 11 is 0. The molecular weight excluding hydrogens is 329 g/mol. The van der Waals surface area contributed by atoms with Crippen LogP contribution in [0.5, 0.6) is 0 Å². The molecule has 132 valence electrons. The molecule has 1 heterocycles. The van der Waals surface area contributed by atoms with Crippen molar-refractivity contribution in [2.45, 2.75) is 33.1 Å². The van der Waals surface area contributed by atoms with Gasteiger partial charge in [0.1, 0.15) is 0 Å². The molecule has 0 saturated heterocycles. The minimum absolute atomic E-state index is 0.0545. The van der Waals surface area contributed by atoms with E-state index in [0.29, 0.717) is 13.1 Å². The van der Waals surface area contributed by atoms with Crippen molar-refractivity contribution in [2.75, 3.05) is 11.9 Å². The van der Waals surface area contributed by atoms with Crippen LogP contribution in [0.25, 0.3) is 0 Å². The number of carbonyl (C=O) groups is 1. The molecule has 25 heavy (non-hydrogen) atoms. The molecule has 2 aromatic rings. The van der Waals surface area contributed by atoms with Crippen LogP contribution >= 0.6 is 0 Å². The third-order valence-electron chi connectivity index (χ3n) is 4.48. The Morgan fingerprint density at radius 3 is 2.20 bits per heavy atom. The standard InChI is InChI=1S/C19H19F3N2O/c1-12-7-14-9-24(10-15(14)8-13(12)2)11-18(25)23-17-6-4-3-5-16(17)19(20,21)22/h3-8H,9-11H2,1-2H3,(H,23,25). The van der Waals surface area contributed by atoms with E-state index in [1.54, 1.807) is 0 Å². The summed E-state index contributed by atoms with van der Waals surface area (Å²) in [7, 11) is 0. The van der Waals surface area contributed by atoms with Gasteiger partial charge < -0.3 is 5.32 Å². The van der Waals surface area contributed by atoms with Crippen LogP contribution in [0.4, 0.5) is 18.9 Å². The first-order chi connectivity index (χ1) is 11.7. The molecule has 0 radical (unpaired) electrons. The lowest BCUT2D eigenvalue weighted by molar-refractivity contribution is -0.137. The monoisotopic (exact) mass is 348 g/mol. The normalized spacial score (nSPS) is 14.4. The molecule has 0 spiro atoms. The summed E-state index contributed by atoms with van der Waals surface area (Å²) in [5.41, 5.74) is 3.70. The molecule has 0 aliphatic carbocycles. The third-order valence-corrected chi connectivity index (χ3v) is 4.48. The van der Waals surface area contributed by atoms with Gasteiger partial charge in [-0.05, 0) is 48.2 Å². The number of fused-ring (bicyclic) bond motifs is 1. The lowest BCUT2D eigenvalue weighted by Crippen LogP contribution is -2.30. The van der Waals surface area contributed by atoms with E-state index in [9.17, 15) is 18.0 Å². The minimum Gasteiger partial charge on any atom is -0.324 e. The topological polar surface area (TPSA) is 32.3 Å². The highest BCUT2D eigenvalue weighted by atomic mass is 19.4. The maximum absolute atomic E-state index is 13.0. The predicted octanol–water partition coefficient (Wildman–Crippen LogP) is 4.28. The van der Waals surface area contributed by atoms with Gasteiger partial charge in [0.25, 0.3) is 0 Å². The number of halogens is 3. The van der Waals surface area contributed by atoms with Crippen LogP contribution in [-0.4, -0.2) is 17.4 Å². The van der Waals surface area contributed by atoms with Crippen LogP contribution < -0.4 is 5.32 Å². The van der Waals surface area contributed by atoms with Crippen LogP contribution in [0.15, 0.2) is 36.4 Å². The molecule has 2 aromatic carbocycles. The van der Waals surface area contributed by atoms with Crippen molar-refractivity contribution in [1.29, 1.82) is 0 Å². The number of amides is 1. The Bertz CT molecular complexity index is 784. The first-order valence-corrected chi connectivity index (χ1v) is 8.01. The fourth-order valence-corrected chi connectivity index (χ4v) is 3.11. The Morgan fingerprint density at radius 2 is 1.64 bits per heavy atom. The number of carbonyl (C=O) groups excluding carboxylic acids is 1. The second kappa shape index (κ2) is 6.52. The highest BCUT2D eigenvalue weighted by Crippen LogP contribution is 2.34. The highest BCUT2D eigenvalue weighted by Gasteiger charge is 2.33. The fraction of sp³-hybridized carbons (Fsp3) is 0.316. The molecule has 3 rings (SSSR count). The van der Waals surface area contributed by atoms with Crippen molar-refractivity contribution in [2.24, 2.45) is 0 Å². The van der Waals surface area contributed by atoms with E-state index in [-0.39, 0.29) is 12.2 Å². The molecular formula is C19H19F3N2O. The van der Waals surface area contributed by atoms with Crippen LogP contribution in [0, 0.1) is 13.8 Å². The molecule has 0 aromatic heterocycles. The van der Waals surface area contributed by atoms with E-state index in [2.05, 4.69) is 17.4 Å². The molecule has 6 heteroatoms. The van der Waals surface area contributed by atoms with E-state index in [4.69, 9.17) is 0 Å². The zero-order valence-electron chi connectivity index (χ0n) is 14.1. The lowest BCUT2D eigenvalue weighted by Gasteiger charge is -2.17. The third kappa shape index (κ3) is 3.85. The molecule has 1 amide bonds. The van der Waals surface area contributed by atoms with Crippen LogP contribution in [0.1, 0.15) is 27.8 Å². The van der Waals surface area contributed by atoms with Gasteiger partial charge in [0, 0.05) is 13.1 Å². The maximum atomic E-state index is 13.0. The first-order valence-electron chi connectivity index (χ1n) is 8.01. The average molecular weight is 348 g/mol. The zero-order valence-corrected chi connectivity index (χ0v) is 14.1. The van der Waals surface area contributed by atoms with Gasteiger partial charge in [-0.2, -0.15) is 13.2 Å². The quantitative estimate of drug-likeness (QED) is 0.898. The predicted molar refractivity (Wildman–Crippen MR) is 90.1 cm³/mol. The fourth-order valence-electron chi connectivity index (χ4n) is 3.11. The average Bonchev–Trinajstić information content (AvgIpc) is 2.88. The smallest absolute Gasteiger partial charge is 0.324 e. The van der Waals surface area contributed by atoms with Gasteiger partial charge in [-0.1, -0.05) is 24.3 Å². The molecule has 1 aliphatic rings. The van der Waals surface area contributed by atoms with E-state index in [0.717, 1.165) is 6.07 Å². The SMILES string of the molecule is Cc1cc2c(cc1C)CN(CC(=O)Nc1ccccc1C(F)(F)F)C2. The summed E-state index contributed by atoms with van der Waals surface area (Å²) in [6.45, 7) is 5.40. The van der Waals surface area contributed by atoms with E-state index < -0.39 is 17.6 Å². The van der Waals surface area contributed by atoms with Gasteiger partial charge in [0.2, 0.25) is 5.91 Å². The molecule has 1 aliphatic heterocycles. The van der Waals surface area contributed by atoms with Gasteiger partial charge in [-0.15, -0.1) is 0 Å². The number of alkyl halides is 3. The highest BCUT2D eigenvalue weighted by molar-refractivity contribution is 5.93. The van der Waals surface area contributed by atoms with Crippen molar-refractivity contribution in [3.05, 3.63) is 64.2 Å².